The van der Waals surface area contributed by atoms with Crippen LogP contribution in [0.1, 0.15) is 40.5 Å². The molecule has 3 aromatic rings. The first-order valence-electron chi connectivity index (χ1n) is 8.46. The van der Waals surface area contributed by atoms with Crippen LogP contribution in [-0.2, 0) is 4.74 Å². The standard InChI is InChI=1S/C20H15FN4O2/c1-27-20(26)18-19(13-2-3-13)25(24-23-18)16-8-6-12(7-9-16)14-4-5-15(11-22)17(21)10-14/h4-10,13H,2-3H2,1H3. The molecule has 0 aliphatic heterocycles. The summed E-state index contributed by atoms with van der Waals surface area (Å²) in [7, 11) is 1.32. The Morgan fingerprint density at radius 1 is 1.22 bits per heavy atom. The summed E-state index contributed by atoms with van der Waals surface area (Å²) in [4.78, 5) is 11.9. The molecule has 1 aliphatic rings. The van der Waals surface area contributed by atoms with Crippen molar-refractivity contribution in [3.63, 3.8) is 0 Å². The average Bonchev–Trinajstić information content (AvgIpc) is 3.45. The molecule has 1 fully saturated rings. The van der Waals surface area contributed by atoms with Gasteiger partial charge in [-0.05, 0) is 48.2 Å². The number of carbonyl (C=O) groups is 1. The van der Waals surface area contributed by atoms with Crippen LogP contribution in [0.4, 0.5) is 4.39 Å². The van der Waals surface area contributed by atoms with Gasteiger partial charge in [-0.25, -0.2) is 13.9 Å². The van der Waals surface area contributed by atoms with E-state index >= 15 is 0 Å². The molecule has 1 saturated carbocycles. The number of nitrogens with zero attached hydrogens (tertiary/aromatic N) is 4. The Bertz CT molecular complexity index is 1060. The van der Waals surface area contributed by atoms with E-state index in [9.17, 15) is 9.18 Å². The van der Waals surface area contributed by atoms with Crippen molar-refractivity contribution < 1.29 is 13.9 Å². The minimum Gasteiger partial charge on any atom is -0.464 e. The van der Waals surface area contributed by atoms with E-state index in [2.05, 4.69) is 10.3 Å². The molecular formula is C20H15FN4O2. The molecule has 1 aliphatic carbocycles. The Labute approximate surface area is 154 Å². The van der Waals surface area contributed by atoms with Gasteiger partial charge in [0, 0.05) is 5.92 Å². The van der Waals surface area contributed by atoms with E-state index < -0.39 is 11.8 Å². The lowest BCUT2D eigenvalue weighted by atomic mass is 10.0. The van der Waals surface area contributed by atoms with Crippen LogP contribution in [-0.4, -0.2) is 28.1 Å². The van der Waals surface area contributed by atoms with Crippen molar-refractivity contribution >= 4 is 5.97 Å². The summed E-state index contributed by atoms with van der Waals surface area (Å²) < 4.78 is 20.3. The molecule has 0 radical (unpaired) electrons. The molecule has 0 spiro atoms. The van der Waals surface area contributed by atoms with Gasteiger partial charge >= 0.3 is 5.97 Å². The average molecular weight is 362 g/mol. The fourth-order valence-electron chi connectivity index (χ4n) is 3.03. The lowest BCUT2D eigenvalue weighted by Crippen LogP contribution is -2.07. The summed E-state index contributed by atoms with van der Waals surface area (Å²) in [6, 6.07) is 13.7. The van der Waals surface area contributed by atoms with Gasteiger partial charge in [-0.1, -0.05) is 23.4 Å². The number of carbonyl (C=O) groups excluding carboxylic acids is 1. The Morgan fingerprint density at radius 3 is 2.52 bits per heavy atom. The second-order valence-electron chi connectivity index (χ2n) is 6.35. The fourth-order valence-corrected chi connectivity index (χ4v) is 3.03. The number of aromatic nitrogens is 3. The molecule has 0 unspecified atom stereocenters. The van der Waals surface area contributed by atoms with Gasteiger partial charge in [-0.3, -0.25) is 0 Å². The SMILES string of the molecule is COC(=O)c1nnn(-c2ccc(-c3ccc(C#N)c(F)c3)cc2)c1C1CC1. The van der Waals surface area contributed by atoms with E-state index in [1.165, 1.54) is 19.2 Å². The normalized spacial score (nSPS) is 13.2. The second kappa shape index (κ2) is 6.65. The maximum absolute atomic E-state index is 13.9. The van der Waals surface area contributed by atoms with Gasteiger partial charge < -0.3 is 4.74 Å². The van der Waals surface area contributed by atoms with Crippen LogP contribution in [0, 0.1) is 17.1 Å². The maximum Gasteiger partial charge on any atom is 0.360 e. The zero-order valence-corrected chi connectivity index (χ0v) is 14.5. The maximum atomic E-state index is 13.9. The summed E-state index contributed by atoms with van der Waals surface area (Å²) in [5, 5.41) is 17.0. The molecule has 0 N–H and O–H groups in total. The highest BCUT2D eigenvalue weighted by atomic mass is 19.1. The number of hydrogen-bond acceptors (Lipinski definition) is 5. The largest absolute Gasteiger partial charge is 0.464 e. The van der Waals surface area contributed by atoms with Crippen LogP contribution in [0.5, 0.6) is 0 Å². The highest BCUT2D eigenvalue weighted by Crippen LogP contribution is 2.42. The summed E-state index contributed by atoms with van der Waals surface area (Å²) in [6.07, 6.45) is 1.97. The number of methoxy groups -OCH3 is 1. The molecule has 0 atom stereocenters. The summed E-state index contributed by atoms with van der Waals surface area (Å²) >= 11 is 0. The number of ether oxygens (including phenoxy) is 1. The molecule has 6 nitrogen and oxygen atoms in total. The Kier molecular flexibility index (Phi) is 4.16. The molecule has 1 heterocycles. The third-order valence-corrected chi connectivity index (χ3v) is 4.58. The van der Waals surface area contributed by atoms with E-state index in [4.69, 9.17) is 10.00 Å². The van der Waals surface area contributed by atoms with E-state index in [-0.39, 0.29) is 17.2 Å². The smallest absolute Gasteiger partial charge is 0.360 e. The topological polar surface area (TPSA) is 80.8 Å². The lowest BCUT2D eigenvalue weighted by Gasteiger charge is -2.08. The van der Waals surface area contributed by atoms with E-state index in [1.54, 1.807) is 10.7 Å². The molecule has 0 bridgehead atoms. The fraction of sp³-hybridized carbons (Fsp3) is 0.200. The van der Waals surface area contributed by atoms with E-state index in [0.717, 1.165) is 29.8 Å². The molecule has 1 aromatic heterocycles. The van der Waals surface area contributed by atoms with Crippen molar-refractivity contribution in [1.82, 2.24) is 15.0 Å². The van der Waals surface area contributed by atoms with Crippen molar-refractivity contribution in [2.24, 2.45) is 0 Å². The third-order valence-electron chi connectivity index (χ3n) is 4.58. The van der Waals surface area contributed by atoms with Crippen molar-refractivity contribution in [3.05, 3.63) is 65.2 Å². The van der Waals surface area contributed by atoms with Crippen LogP contribution in [0.3, 0.4) is 0 Å². The summed E-state index contributed by atoms with van der Waals surface area (Å²) in [6.45, 7) is 0. The van der Waals surface area contributed by atoms with Gasteiger partial charge in [0.15, 0.2) is 5.69 Å². The highest BCUT2D eigenvalue weighted by molar-refractivity contribution is 5.88. The molecule has 134 valence electrons. The number of hydrogen-bond donors (Lipinski definition) is 0. The predicted octanol–water partition coefficient (Wildman–Crippen LogP) is 3.61. The van der Waals surface area contributed by atoms with Crippen molar-refractivity contribution in [1.29, 1.82) is 5.26 Å². The molecule has 7 heteroatoms. The van der Waals surface area contributed by atoms with Crippen LogP contribution >= 0.6 is 0 Å². The first kappa shape index (κ1) is 16.9. The summed E-state index contributed by atoms with van der Waals surface area (Å²) in [5.41, 5.74) is 3.27. The second-order valence-corrected chi connectivity index (χ2v) is 6.35. The zero-order chi connectivity index (χ0) is 19.0. The van der Waals surface area contributed by atoms with Gasteiger partial charge in [-0.2, -0.15) is 5.26 Å². The van der Waals surface area contributed by atoms with Gasteiger partial charge in [0.25, 0.3) is 0 Å². The third kappa shape index (κ3) is 3.06. The van der Waals surface area contributed by atoms with Crippen LogP contribution in [0.2, 0.25) is 0 Å². The quantitative estimate of drug-likeness (QED) is 0.662. The molecule has 4 rings (SSSR count). The van der Waals surface area contributed by atoms with Crippen LogP contribution in [0.25, 0.3) is 16.8 Å². The molecule has 0 amide bonds. The molecule has 27 heavy (non-hydrogen) atoms. The summed E-state index contributed by atoms with van der Waals surface area (Å²) in [5.74, 6) is -0.789. The Balaban J connectivity index is 1.69. The van der Waals surface area contributed by atoms with Gasteiger partial charge in [-0.15, -0.1) is 5.10 Å². The van der Waals surface area contributed by atoms with Crippen molar-refractivity contribution in [2.75, 3.05) is 7.11 Å². The Morgan fingerprint density at radius 2 is 1.93 bits per heavy atom. The number of esters is 1. The van der Waals surface area contributed by atoms with Crippen LogP contribution in [0.15, 0.2) is 42.5 Å². The molecular weight excluding hydrogens is 347 g/mol. The minimum atomic E-state index is -0.547. The molecule has 2 aromatic carbocycles. The number of nitriles is 1. The van der Waals surface area contributed by atoms with Crippen LogP contribution < -0.4 is 0 Å². The molecule has 0 saturated heterocycles. The minimum absolute atomic E-state index is 0.0161. The number of benzene rings is 2. The number of rotatable bonds is 4. The zero-order valence-electron chi connectivity index (χ0n) is 14.5. The van der Waals surface area contributed by atoms with Crippen molar-refractivity contribution in [3.8, 4) is 22.9 Å². The Hall–Kier alpha value is -3.53. The van der Waals surface area contributed by atoms with E-state index in [0.29, 0.717) is 5.56 Å². The van der Waals surface area contributed by atoms with Gasteiger partial charge in [0.05, 0.1) is 24.1 Å². The lowest BCUT2D eigenvalue weighted by molar-refractivity contribution is 0.0592. The number of halogens is 1. The highest BCUT2D eigenvalue weighted by Gasteiger charge is 2.34. The van der Waals surface area contributed by atoms with Crippen molar-refractivity contribution in [2.45, 2.75) is 18.8 Å². The predicted molar refractivity (Wildman–Crippen MR) is 94.8 cm³/mol. The van der Waals surface area contributed by atoms with E-state index in [1.807, 2.05) is 30.3 Å². The van der Waals surface area contributed by atoms with Gasteiger partial charge in [0.1, 0.15) is 11.9 Å². The van der Waals surface area contributed by atoms with Gasteiger partial charge in [0.2, 0.25) is 0 Å². The monoisotopic (exact) mass is 362 g/mol. The first-order chi connectivity index (χ1) is 13.1. The first-order valence-corrected chi connectivity index (χ1v) is 8.46.